The van der Waals surface area contributed by atoms with Gasteiger partial charge in [-0.15, -0.1) is 0 Å². The first-order valence-corrected chi connectivity index (χ1v) is 5.35. The molecule has 0 spiro atoms. The minimum Gasteiger partial charge on any atom is -0.508 e. The van der Waals surface area contributed by atoms with Crippen LogP contribution in [0.4, 0.5) is 0 Å². The third kappa shape index (κ3) is 3.93. The average molecular weight is 250 g/mol. The predicted octanol–water partition coefficient (Wildman–Crippen LogP) is 2.05. The summed E-state index contributed by atoms with van der Waals surface area (Å²) in [4.78, 5) is 21.2. The molecular formula is C13H14O5. The highest BCUT2D eigenvalue weighted by Gasteiger charge is 2.08. The van der Waals surface area contributed by atoms with Gasteiger partial charge in [0.05, 0.1) is 5.56 Å². The van der Waals surface area contributed by atoms with E-state index in [4.69, 9.17) is 10.2 Å². The Hall–Kier alpha value is -2.30. The van der Waals surface area contributed by atoms with Gasteiger partial charge in [0.1, 0.15) is 5.75 Å². The number of hydrogen-bond acceptors (Lipinski definition) is 3. The number of benzene rings is 1. The van der Waals surface area contributed by atoms with E-state index < -0.39 is 11.9 Å². The van der Waals surface area contributed by atoms with E-state index in [0.717, 1.165) is 6.08 Å². The molecule has 5 heteroatoms. The van der Waals surface area contributed by atoms with Gasteiger partial charge in [-0.05, 0) is 43.5 Å². The van der Waals surface area contributed by atoms with Crippen molar-refractivity contribution < 1.29 is 24.9 Å². The minimum atomic E-state index is -1.06. The normalized spacial score (nSPS) is 11.3. The fourth-order valence-electron chi connectivity index (χ4n) is 1.53. The number of phenols is 1. The molecule has 0 radical (unpaired) electrons. The van der Waals surface area contributed by atoms with Crippen LogP contribution in [0.25, 0.3) is 0 Å². The van der Waals surface area contributed by atoms with Crippen molar-refractivity contribution in [2.24, 2.45) is 0 Å². The van der Waals surface area contributed by atoms with E-state index in [1.54, 1.807) is 6.92 Å². The molecule has 1 aromatic carbocycles. The Kier molecular flexibility index (Phi) is 4.48. The summed E-state index contributed by atoms with van der Waals surface area (Å²) in [5.41, 5.74) is 1.25. The molecule has 0 fully saturated rings. The number of carboxylic acids is 2. The number of phenolic OH excluding ortho intramolecular Hbond substituents is 1. The van der Waals surface area contributed by atoms with Gasteiger partial charge in [0.2, 0.25) is 0 Å². The van der Waals surface area contributed by atoms with Crippen molar-refractivity contribution in [1.82, 2.24) is 0 Å². The van der Waals surface area contributed by atoms with Gasteiger partial charge in [-0.2, -0.15) is 0 Å². The fourth-order valence-corrected chi connectivity index (χ4v) is 1.53. The van der Waals surface area contributed by atoms with Crippen LogP contribution in [0.15, 0.2) is 29.8 Å². The van der Waals surface area contributed by atoms with Gasteiger partial charge in [0.15, 0.2) is 0 Å². The van der Waals surface area contributed by atoms with Crippen LogP contribution in [0.3, 0.4) is 0 Å². The van der Waals surface area contributed by atoms with Crippen LogP contribution in [0.2, 0.25) is 0 Å². The first-order chi connectivity index (χ1) is 8.40. The zero-order valence-corrected chi connectivity index (χ0v) is 9.88. The topological polar surface area (TPSA) is 94.8 Å². The molecule has 0 aliphatic carbocycles. The zero-order chi connectivity index (χ0) is 13.7. The number of aromatic hydroxyl groups is 1. The lowest BCUT2D eigenvalue weighted by Crippen LogP contribution is -1.98. The van der Waals surface area contributed by atoms with E-state index in [-0.39, 0.29) is 11.3 Å². The van der Waals surface area contributed by atoms with Gasteiger partial charge >= 0.3 is 11.9 Å². The van der Waals surface area contributed by atoms with Crippen LogP contribution in [0.5, 0.6) is 5.75 Å². The molecule has 0 bridgehead atoms. The lowest BCUT2D eigenvalue weighted by molar-refractivity contribution is -0.131. The number of aromatic carboxylic acids is 1. The summed E-state index contributed by atoms with van der Waals surface area (Å²) in [7, 11) is 0. The van der Waals surface area contributed by atoms with E-state index in [1.165, 1.54) is 18.2 Å². The Morgan fingerprint density at radius 2 is 1.94 bits per heavy atom. The number of hydrogen-bond donors (Lipinski definition) is 3. The molecular weight excluding hydrogens is 236 g/mol. The number of carbonyl (C=O) groups is 2. The molecule has 0 heterocycles. The van der Waals surface area contributed by atoms with Gasteiger partial charge in [0.25, 0.3) is 0 Å². The highest BCUT2D eigenvalue weighted by Crippen LogP contribution is 2.21. The molecule has 0 atom stereocenters. The van der Waals surface area contributed by atoms with E-state index in [0.29, 0.717) is 24.0 Å². The van der Waals surface area contributed by atoms with E-state index >= 15 is 0 Å². The van der Waals surface area contributed by atoms with Crippen molar-refractivity contribution in [3.8, 4) is 5.75 Å². The lowest BCUT2D eigenvalue weighted by atomic mass is 10.0. The smallest absolute Gasteiger partial charge is 0.335 e. The predicted molar refractivity (Wildman–Crippen MR) is 64.8 cm³/mol. The van der Waals surface area contributed by atoms with Gasteiger partial charge in [-0.1, -0.05) is 5.57 Å². The van der Waals surface area contributed by atoms with Crippen LogP contribution < -0.4 is 0 Å². The molecule has 0 amide bonds. The largest absolute Gasteiger partial charge is 0.508 e. The molecule has 96 valence electrons. The molecule has 0 unspecified atom stereocenters. The molecule has 0 saturated carbocycles. The first-order valence-electron chi connectivity index (χ1n) is 5.35. The van der Waals surface area contributed by atoms with Crippen LogP contribution in [0.1, 0.15) is 29.3 Å². The Labute approximate surface area is 104 Å². The van der Waals surface area contributed by atoms with Crippen molar-refractivity contribution in [3.05, 3.63) is 41.0 Å². The van der Waals surface area contributed by atoms with Crippen molar-refractivity contribution in [3.63, 3.8) is 0 Å². The monoisotopic (exact) mass is 250 g/mol. The summed E-state index contributed by atoms with van der Waals surface area (Å²) in [6.07, 6.45) is 1.93. The summed E-state index contributed by atoms with van der Waals surface area (Å²) in [5, 5.41) is 27.0. The number of allylic oxidation sites excluding steroid dienone is 1. The second-order valence-corrected chi connectivity index (χ2v) is 3.98. The maximum absolute atomic E-state index is 10.8. The molecule has 1 rings (SSSR count). The number of rotatable bonds is 5. The Morgan fingerprint density at radius 3 is 2.50 bits per heavy atom. The highest BCUT2D eigenvalue weighted by atomic mass is 16.4. The Bertz CT molecular complexity index is 502. The van der Waals surface area contributed by atoms with E-state index in [1.807, 2.05) is 0 Å². The Balaban J connectivity index is 2.81. The second kappa shape index (κ2) is 5.86. The molecule has 0 saturated heterocycles. The number of aliphatic carboxylic acids is 1. The fraction of sp³-hybridized carbons (Fsp3) is 0.231. The summed E-state index contributed by atoms with van der Waals surface area (Å²) >= 11 is 0. The van der Waals surface area contributed by atoms with Crippen LogP contribution in [-0.2, 0) is 11.2 Å². The van der Waals surface area contributed by atoms with Crippen LogP contribution in [0, 0.1) is 0 Å². The quantitative estimate of drug-likeness (QED) is 0.695. The molecule has 1 aromatic rings. The van der Waals surface area contributed by atoms with Gasteiger partial charge in [-0.3, -0.25) is 0 Å². The van der Waals surface area contributed by atoms with Gasteiger partial charge in [0, 0.05) is 6.08 Å². The summed E-state index contributed by atoms with van der Waals surface area (Å²) in [6, 6.07) is 4.04. The first kappa shape index (κ1) is 13.8. The third-order valence-electron chi connectivity index (χ3n) is 2.48. The average Bonchev–Trinajstić information content (AvgIpc) is 2.26. The van der Waals surface area contributed by atoms with Crippen LogP contribution in [-0.4, -0.2) is 27.3 Å². The SMILES string of the molecule is CC(=CC(=O)O)CCc1cc(C(=O)O)ccc1O. The summed E-state index contributed by atoms with van der Waals surface area (Å²) in [5.74, 6) is -2.06. The minimum absolute atomic E-state index is 0.0168. The third-order valence-corrected chi connectivity index (χ3v) is 2.48. The molecule has 0 aliphatic heterocycles. The van der Waals surface area contributed by atoms with Crippen LogP contribution >= 0.6 is 0 Å². The second-order valence-electron chi connectivity index (χ2n) is 3.98. The van der Waals surface area contributed by atoms with E-state index in [9.17, 15) is 14.7 Å². The zero-order valence-electron chi connectivity index (χ0n) is 9.88. The molecule has 3 N–H and O–H groups in total. The number of aryl methyl sites for hydroxylation is 1. The van der Waals surface area contributed by atoms with Gasteiger partial charge < -0.3 is 15.3 Å². The van der Waals surface area contributed by atoms with Crippen molar-refractivity contribution >= 4 is 11.9 Å². The summed E-state index contributed by atoms with van der Waals surface area (Å²) in [6.45, 7) is 1.67. The van der Waals surface area contributed by atoms with Gasteiger partial charge in [-0.25, -0.2) is 9.59 Å². The lowest BCUT2D eigenvalue weighted by Gasteiger charge is -2.06. The van der Waals surface area contributed by atoms with Crippen molar-refractivity contribution in [1.29, 1.82) is 0 Å². The highest BCUT2D eigenvalue weighted by molar-refractivity contribution is 5.88. The molecule has 0 aliphatic rings. The van der Waals surface area contributed by atoms with E-state index in [2.05, 4.69) is 0 Å². The number of carboxylic acid groups (broad SMARTS) is 2. The van der Waals surface area contributed by atoms with Crippen molar-refractivity contribution in [2.75, 3.05) is 0 Å². The standard InChI is InChI=1S/C13H14O5/c1-8(6-12(15)16)2-3-9-7-10(13(17)18)4-5-11(9)14/h4-7,14H,2-3H2,1H3,(H,15,16)(H,17,18). The Morgan fingerprint density at radius 1 is 1.28 bits per heavy atom. The molecule has 5 nitrogen and oxygen atoms in total. The maximum atomic E-state index is 10.8. The van der Waals surface area contributed by atoms with Crippen molar-refractivity contribution in [2.45, 2.75) is 19.8 Å². The molecule has 18 heavy (non-hydrogen) atoms. The molecule has 0 aromatic heterocycles. The maximum Gasteiger partial charge on any atom is 0.335 e. The summed E-state index contributed by atoms with van der Waals surface area (Å²) < 4.78 is 0.